The van der Waals surface area contributed by atoms with Crippen LogP contribution in [0, 0.1) is 13.8 Å². The first kappa shape index (κ1) is 17.1. The number of aryl methyl sites for hydroxylation is 2. The van der Waals surface area contributed by atoms with E-state index in [1.165, 1.54) is 0 Å². The number of amides is 1. The molecule has 0 aliphatic carbocycles. The number of thiazole rings is 1. The second-order valence-electron chi connectivity index (χ2n) is 6.59. The van der Waals surface area contributed by atoms with Crippen LogP contribution in [-0.4, -0.2) is 52.0 Å². The Morgan fingerprint density at radius 1 is 1.29 bits per heavy atom. The summed E-state index contributed by atoms with van der Waals surface area (Å²) in [5, 5.41) is 7.20. The van der Waals surface area contributed by atoms with Crippen molar-refractivity contribution in [3.63, 3.8) is 0 Å². The molecular weight excluding hydrogens is 324 g/mol. The Hall–Kier alpha value is -1.73. The molecule has 3 heterocycles. The lowest BCUT2D eigenvalue weighted by Gasteiger charge is -2.34. The van der Waals surface area contributed by atoms with Crippen molar-refractivity contribution in [3.05, 3.63) is 33.1 Å². The molecular formula is C17H24N4O2S. The smallest absolute Gasteiger partial charge is 0.259 e. The Labute approximate surface area is 146 Å². The normalized spacial score (nSPS) is 16.1. The number of carbonyl (C=O) groups is 1. The summed E-state index contributed by atoms with van der Waals surface area (Å²) in [5.74, 6) is 0.888. The Morgan fingerprint density at radius 2 is 2.00 bits per heavy atom. The Bertz CT molecular complexity index is 714. The maximum absolute atomic E-state index is 12.9. The van der Waals surface area contributed by atoms with Gasteiger partial charge in [-0.05, 0) is 13.8 Å². The molecule has 0 N–H and O–H groups in total. The van der Waals surface area contributed by atoms with E-state index in [1.807, 2.05) is 32.6 Å². The van der Waals surface area contributed by atoms with Crippen molar-refractivity contribution < 1.29 is 9.32 Å². The molecule has 0 unspecified atom stereocenters. The van der Waals surface area contributed by atoms with Crippen molar-refractivity contribution >= 4 is 17.2 Å². The van der Waals surface area contributed by atoms with Gasteiger partial charge in [0.1, 0.15) is 5.56 Å². The second-order valence-corrected chi connectivity index (χ2v) is 7.65. The van der Waals surface area contributed by atoms with Gasteiger partial charge < -0.3 is 9.42 Å². The van der Waals surface area contributed by atoms with Crippen LogP contribution in [0.2, 0.25) is 0 Å². The van der Waals surface area contributed by atoms with Gasteiger partial charge in [0.2, 0.25) is 0 Å². The average molecular weight is 348 g/mol. The van der Waals surface area contributed by atoms with Gasteiger partial charge >= 0.3 is 0 Å². The third-order valence-electron chi connectivity index (χ3n) is 4.34. The summed E-state index contributed by atoms with van der Waals surface area (Å²) in [4.78, 5) is 21.7. The van der Waals surface area contributed by atoms with Crippen LogP contribution in [-0.2, 0) is 6.54 Å². The summed E-state index contributed by atoms with van der Waals surface area (Å²) in [6.45, 7) is 11.9. The van der Waals surface area contributed by atoms with Crippen LogP contribution in [0.25, 0.3) is 0 Å². The summed E-state index contributed by atoms with van der Waals surface area (Å²) < 4.78 is 5.36. The molecule has 130 valence electrons. The molecule has 1 saturated heterocycles. The van der Waals surface area contributed by atoms with Crippen molar-refractivity contribution in [1.29, 1.82) is 0 Å². The average Bonchev–Trinajstić information content (AvgIpc) is 3.13. The molecule has 0 bridgehead atoms. The molecule has 0 spiro atoms. The van der Waals surface area contributed by atoms with E-state index in [0.29, 0.717) is 17.0 Å². The van der Waals surface area contributed by atoms with Crippen LogP contribution in [0.1, 0.15) is 52.3 Å². The van der Waals surface area contributed by atoms with Gasteiger partial charge in [-0.3, -0.25) is 9.69 Å². The van der Waals surface area contributed by atoms with Gasteiger partial charge in [-0.1, -0.05) is 19.0 Å². The maximum atomic E-state index is 12.9. The molecule has 24 heavy (non-hydrogen) atoms. The Morgan fingerprint density at radius 3 is 2.58 bits per heavy atom. The highest BCUT2D eigenvalue weighted by atomic mass is 32.1. The molecule has 6 nitrogen and oxygen atoms in total. The summed E-state index contributed by atoms with van der Waals surface area (Å²) in [6, 6.07) is 0. The molecule has 0 radical (unpaired) electrons. The Kier molecular flexibility index (Phi) is 5.01. The van der Waals surface area contributed by atoms with Crippen molar-refractivity contribution in [3.8, 4) is 0 Å². The zero-order chi connectivity index (χ0) is 17.3. The van der Waals surface area contributed by atoms with Gasteiger partial charge in [-0.2, -0.15) is 0 Å². The fraction of sp³-hybridized carbons (Fsp3) is 0.588. The lowest BCUT2D eigenvalue weighted by Crippen LogP contribution is -2.48. The fourth-order valence-corrected chi connectivity index (χ4v) is 3.62. The second kappa shape index (κ2) is 7.03. The van der Waals surface area contributed by atoms with E-state index in [4.69, 9.17) is 4.52 Å². The van der Waals surface area contributed by atoms with E-state index >= 15 is 0 Å². The van der Waals surface area contributed by atoms with Crippen LogP contribution in [0.3, 0.4) is 0 Å². The topological polar surface area (TPSA) is 62.5 Å². The van der Waals surface area contributed by atoms with Crippen molar-refractivity contribution in [1.82, 2.24) is 19.9 Å². The monoisotopic (exact) mass is 348 g/mol. The first-order valence-electron chi connectivity index (χ1n) is 8.34. The SMILES string of the molecule is Cc1nc(CN2CCN(C(=O)c3c(C)noc3C(C)C)CC2)cs1. The molecule has 1 fully saturated rings. The minimum atomic E-state index is 0.0432. The molecule has 7 heteroatoms. The molecule has 0 saturated carbocycles. The summed E-state index contributed by atoms with van der Waals surface area (Å²) >= 11 is 1.68. The van der Waals surface area contributed by atoms with Gasteiger partial charge in [0.15, 0.2) is 5.76 Å². The zero-order valence-corrected chi connectivity index (χ0v) is 15.5. The van der Waals surface area contributed by atoms with Crippen molar-refractivity contribution in [2.45, 2.75) is 40.2 Å². The molecule has 1 amide bonds. The standard InChI is InChI=1S/C17H24N4O2S/c1-11(2)16-15(12(3)19-23-16)17(22)21-7-5-20(6-8-21)9-14-10-24-13(4)18-14/h10-11H,5-9H2,1-4H3. The van der Waals surface area contributed by atoms with Gasteiger partial charge in [-0.25, -0.2) is 4.98 Å². The van der Waals surface area contributed by atoms with Gasteiger partial charge in [0.25, 0.3) is 5.91 Å². The molecule has 2 aromatic rings. The summed E-state index contributed by atoms with van der Waals surface area (Å²) in [6.07, 6.45) is 0. The van der Waals surface area contributed by atoms with Crippen molar-refractivity contribution in [2.75, 3.05) is 26.2 Å². The maximum Gasteiger partial charge on any atom is 0.259 e. The quantitative estimate of drug-likeness (QED) is 0.850. The molecule has 0 aromatic carbocycles. The predicted molar refractivity (Wildman–Crippen MR) is 93.4 cm³/mol. The number of piperazine rings is 1. The van der Waals surface area contributed by atoms with E-state index in [1.54, 1.807) is 11.3 Å². The van der Waals surface area contributed by atoms with Gasteiger partial charge in [0.05, 0.1) is 16.4 Å². The van der Waals surface area contributed by atoms with Crippen LogP contribution >= 0.6 is 11.3 Å². The number of aromatic nitrogens is 2. The van der Waals surface area contributed by atoms with Crippen LogP contribution in [0.5, 0.6) is 0 Å². The van der Waals surface area contributed by atoms with Crippen molar-refractivity contribution in [2.24, 2.45) is 0 Å². The summed E-state index contributed by atoms with van der Waals surface area (Å²) in [5.41, 5.74) is 2.45. The minimum Gasteiger partial charge on any atom is -0.360 e. The lowest BCUT2D eigenvalue weighted by molar-refractivity contribution is 0.0624. The highest BCUT2D eigenvalue weighted by molar-refractivity contribution is 7.09. The third-order valence-corrected chi connectivity index (χ3v) is 5.16. The van der Waals surface area contributed by atoms with E-state index in [-0.39, 0.29) is 11.8 Å². The molecule has 2 aromatic heterocycles. The predicted octanol–water partition coefficient (Wildman–Crippen LogP) is 2.83. The first-order chi connectivity index (χ1) is 11.5. The molecule has 1 aliphatic heterocycles. The summed E-state index contributed by atoms with van der Waals surface area (Å²) in [7, 11) is 0. The minimum absolute atomic E-state index is 0.0432. The van der Waals surface area contributed by atoms with Crippen LogP contribution in [0.4, 0.5) is 0 Å². The number of carbonyl (C=O) groups excluding carboxylic acids is 1. The first-order valence-corrected chi connectivity index (χ1v) is 9.22. The molecule has 3 rings (SSSR count). The highest BCUT2D eigenvalue weighted by Crippen LogP contribution is 2.24. The van der Waals surface area contributed by atoms with E-state index < -0.39 is 0 Å². The van der Waals surface area contributed by atoms with Gasteiger partial charge in [0, 0.05) is 44.0 Å². The Balaban J connectivity index is 1.62. The van der Waals surface area contributed by atoms with Crippen LogP contribution < -0.4 is 0 Å². The number of nitrogens with zero attached hydrogens (tertiary/aromatic N) is 4. The number of hydrogen-bond acceptors (Lipinski definition) is 6. The van der Waals surface area contributed by atoms with E-state index in [0.717, 1.165) is 43.4 Å². The lowest BCUT2D eigenvalue weighted by atomic mass is 10.0. The molecule has 0 atom stereocenters. The number of rotatable bonds is 4. The fourth-order valence-electron chi connectivity index (χ4n) is 3.02. The van der Waals surface area contributed by atoms with E-state index in [9.17, 15) is 4.79 Å². The van der Waals surface area contributed by atoms with Crippen LogP contribution in [0.15, 0.2) is 9.90 Å². The number of hydrogen-bond donors (Lipinski definition) is 0. The zero-order valence-electron chi connectivity index (χ0n) is 14.7. The van der Waals surface area contributed by atoms with Gasteiger partial charge in [-0.15, -0.1) is 11.3 Å². The highest BCUT2D eigenvalue weighted by Gasteiger charge is 2.29. The largest absolute Gasteiger partial charge is 0.360 e. The third kappa shape index (κ3) is 3.52. The van der Waals surface area contributed by atoms with E-state index in [2.05, 4.69) is 20.4 Å². The molecule has 1 aliphatic rings.